The normalized spacial score (nSPS) is 10.9. The summed E-state index contributed by atoms with van der Waals surface area (Å²) in [5.41, 5.74) is 1.38. The van der Waals surface area contributed by atoms with Crippen LogP contribution in [0.1, 0.15) is 5.56 Å². The summed E-state index contributed by atoms with van der Waals surface area (Å²) in [5, 5.41) is 2.98. The van der Waals surface area contributed by atoms with E-state index in [4.69, 9.17) is 30.5 Å². The molecule has 0 atom stereocenters. The minimum atomic E-state index is -4.14. The van der Waals surface area contributed by atoms with Crippen molar-refractivity contribution in [2.45, 2.75) is 11.8 Å². The van der Waals surface area contributed by atoms with Gasteiger partial charge in [-0.25, -0.2) is 8.42 Å². The molecule has 0 spiro atoms. The van der Waals surface area contributed by atoms with Gasteiger partial charge in [0.05, 0.1) is 49.7 Å². The molecule has 0 aliphatic carbocycles. The lowest BCUT2D eigenvalue weighted by Crippen LogP contribution is -2.38. The summed E-state index contributed by atoms with van der Waals surface area (Å²) in [6.45, 7) is 1.31. The SMILES string of the molecule is COc1cc(NC(=O)CN(c2ccc(OC)c(OC)c2)S(=O)(=O)c2ccc(C)cc2)c(OC)cc1Cl. The minimum absolute atomic E-state index is 0.0291. The maximum Gasteiger partial charge on any atom is 0.264 e. The van der Waals surface area contributed by atoms with E-state index >= 15 is 0 Å². The molecule has 0 aromatic heterocycles. The smallest absolute Gasteiger partial charge is 0.264 e. The topological polar surface area (TPSA) is 103 Å². The van der Waals surface area contributed by atoms with E-state index in [1.54, 1.807) is 18.2 Å². The van der Waals surface area contributed by atoms with Crippen molar-refractivity contribution in [3.05, 3.63) is 65.2 Å². The number of hydrogen-bond acceptors (Lipinski definition) is 7. The van der Waals surface area contributed by atoms with E-state index in [0.717, 1.165) is 9.87 Å². The largest absolute Gasteiger partial charge is 0.495 e. The molecule has 0 bridgehead atoms. The van der Waals surface area contributed by atoms with Gasteiger partial charge in [-0.2, -0.15) is 0 Å². The van der Waals surface area contributed by atoms with E-state index in [-0.39, 0.29) is 22.0 Å². The molecule has 0 unspecified atom stereocenters. The number of ether oxygens (including phenoxy) is 4. The van der Waals surface area contributed by atoms with Crippen molar-refractivity contribution in [3.63, 3.8) is 0 Å². The summed E-state index contributed by atoms with van der Waals surface area (Å²) in [5.74, 6) is 0.702. The highest BCUT2D eigenvalue weighted by Crippen LogP contribution is 2.37. The van der Waals surface area contributed by atoms with E-state index in [1.807, 2.05) is 6.92 Å². The number of halogens is 1. The van der Waals surface area contributed by atoms with Crippen LogP contribution in [0, 0.1) is 6.92 Å². The van der Waals surface area contributed by atoms with Crippen LogP contribution in [0.15, 0.2) is 59.5 Å². The zero-order chi connectivity index (χ0) is 26.5. The Hall–Kier alpha value is -3.63. The van der Waals surface area contributed by atoms with E-state index in [0.29, 0.717) is 22.3 Å². The molecule has 9 nitrogen and oxygen atoms in total. The Morgan fingerprint density at radius 3 is 2.03 bits per heavy atom. The Kier molecular flexibility index (Phi) is 8.54. The first-order valence-electron chi connectivity index (χ1n) is 10.7. The Balaban J connectivity index is 2.03. The van der Waals surface area contributed by atoms with Gasteiger partial charge in [-0.1, -0.05) is 29.3 Å². The highest BCUT2D eigenvalue weighted by molar-refractivity contribution is 7.92. The van der Waals surface area contributed by atoms with Crippen molar-refractivity contribution >= 4 is 38.9 Å². The molecular formula is C25H27ClN2O7S. The maximum absolute atomic E-state index is 13.7. The Bertz CT molecular complexity index is 1350. The molecule has 0 heterocycles. The van der Waals surface area contributed by atoms with E-state index in [9.17, 15) is 13.2 Å². The highest BCUT2D eigenvalue weighted by atomic mass is 35.5. The van der Waals surface area contributed by atoms with Gasteiger partial charge < -0.3 is 24.3 Å². The molecule has 0 fully saturated rings. The maximum atomic E-state index is 13.7. The van der Waals surface area contributed by atoms with Crippen LogP contribution in [0.25, 0.3) is 0 Å². The number of carbonyl (C=O) groups excluding carboxylic acids is 1. The van der Waals surface area contributed by atoms with E-state index in [1.165, 1.54) is 64.8 Å². The van der Waals surface area contributed by atoms with Crippen molar-refractivity contribution in [1.82, 2.24) is 0 Å². The lowest BCUT2D eigenvalue weighted by Gasteiger charge is -2.25. The number of rotatable bonds is 10. The van der Waals surface area contributed by atoms with E-state index in [2.05, 4.69) is 5.32 Å². The number of anilines is 2. The molecule has 0 saturated carbocycles. The first-order valence-corrected chi connectivity index (χ1v) is 12.5. The number of benzene rings is 3. The van der Waals surface area contributed by atoms with Crippen molar-refractivity contribution < 1.29 is 32.2 Å². The monoisotopic (exact) mass is 534 g/mol. The summed E-state index contributed by atoms with van der Waals surface area (Å²) in [6, 6.07) is 13.9. The highest BCUT2D eigenvalue weighted by Gasteiger charge is 2.28. The summed E-state index contributed by atoms with van der Waals surface area (Å²) in [4.78, 5) is 13.2. The zero-order valence-corrected chi connectivity index (χ0v) is 22.1. The van der Waals surface area contributed by atoms with Gasteiger partial charge >= 0.3 is 0 Å². The first kappa shape index (κ1) is 27.0. The van der Waals surface area contributed by atoms with Gasteiger partial charge in [0.1, 0.15) is 18.0 Å². The predicted octanol–water partition coefficient (Wildman–Crippen LogP) is 4.52. The first-order chi connectivity index (χ1) is 17.1. The van der Waals surface area contributed by atoms with Crippen LogP contribution < -0.4 is 28.6 Å². The molecule has 0 radical (unpaired) electrons. The summed E-state index contributed by atoms with van der Waals surface area (Å²) in [6.07, 6.45) is 0. The lowest BCUT2D eigenvalue weighted by atomic mass is 10.2. The van der Waals surface area contributed by atoms with Crippen LogP contribution in [-0.4, -0.2) is 49.3 Å². The third-order valence-corrected chi connectivity index (χ3v) is 7.38. The molecule has 11 heteroatoms. The van der Waals surface area contributed by atoms with Crippen molar-refractivity contribution in [2.75, 3.05) is 44.6 Å². The quantitative estimate of drug-likeness (QED) is 0.408. The Morgan fingerprint density at radius 1 is 0.833 bits per heavy atom. The van der Waals surface area contributed by atoms with Crippen molar-refractivity contribution in [1.29, 1.82) is 0 Å². The minimum Gasteiger partial charge on any atom is -0.495 e. The Morgan fingerprint density at radius 2 is 1.44 bits per heavy atom. The number of carbonyl (C=O) groups is 1. The molecule has 36 heavy (non-hydrogen) atoms. The van der Waals surface area contributed by atoms with Gasteiger partial charge in [0.15, 0.2) is 11.5 Å². The molecule has 192 valence electrons. The van der Waals surface area contributed by atoms with E-state index < -0.39 is 22.5 Å². The van der Waals surface area contributed by atoms with Crippen molar-refractivity contribution in [2.24, 2.45) is 0 Å². The van der Waals surface area contributed by atoms with Gasteiger partial charge in [0.2, 0.25) is 5.91 Å². The van der Waals surface area contributed by atoms with Crippen LogP contribution in [0.2, 0.25) is 5.02 Å². The molecule has 3 aromatic rings. The molecule has 1 amide bonds. The standard InChI is InChI=1S/C25H27ClN2O7S/c1-16-6-9-18(10-7-16)36(30,31)28(17-8-11-21(32-2)24(12-17)35-5)15-25(29)27-20-14-22(33-3)19(26)13-23(20)34-4/h6-14H,15H2,1-5H3,(H,27,29). The van der Waals surface area contributed by atoms with Gasteiger partial charge in [0, 0.05) is 18.2 Å². The summed E-state index contributed by atoms with van der Waals surface area (Å²) in [7, 11) is 1.63. The fourth-order valence-corrected chi connectivity index (χ4v) is 5.05. The number of hydrogen-bond donors (Lipinski definition) is 1. The van der Waals surface area contributed by atoms with Crippen LogP contribution in [0.3, 0.4) is 0 Å². The number of nitrogens with one attached hydrogen (secondary N) is 1. The molecule has 3 aromatic carbocycles. The Labute approximate surface area is 215 Å². The second-order valence-corrected chi connectivity index (χ2v) is 9.87. The fourth-order valence-electron chi connectivity index (χ4n) is 3.41. The molecule has 3 rings (SSSR count). The molecule has 0 aliphatic heterocycles. The second kappa shape index (κ2) is 11.4. The number of sulfonamides is 1. The van der Waals surface area contributed by atoms with Crippen molar-refractivity contribution in [3.8, 4) is 23.0 Å². The lowest BCUT2D eigenvalue weighted by molar-refractivity contribution is -0.114. The van der Waals surface area contributed by atoms with Gasteiger partial charge in [-0.3, -0.25) is 9.10 Å². The average molecular weight is 535 g/mol. The molecule has 0 aliphatic rings. The zero-order valence-electron chi connectivity index (χ0n) is 20.5. The molecule has 1 N–H and O–H groups in total. The molecule has 0 saturated heterocycles. The van der Waals surface area contributed by atoms with Crippen LogP contribution in [0.5, 0.6) is 23.0 Å². The van der Waals surface area contributed by atoms with Crippen LogP contribution in [-0.2, 0) is 14.8 Å². The summed E-state index contributed by atoms with van der Waals surface area (Å²) < 4.78 is 49.4. The summed E-state index contributed by atoms with van der Waals surface area (Å²) >= 11 is 6.15. The number of amides is 1. The van der Waals surface area contributed by atoms with Gasteiger partial charge in [0.25, 0.3) is 10.0 Å². The number of methoxy groups -OCH3 is 4. The van der Waals surface area contributed by atoms with Gasteiger partial charge in [-0.05, 0) is 31.2 Å². The predicted molar refractivity (Wildman–Crippen MR) is 138 cm³/mol. The second-order valence-electron chi connectivity index (χ2n) is 7.60. The third-order valence-electron chi connectivity index (χ3n) is 5.30. The van der Waals surface area contributed by atoms with Crippen LogP contribution in [0.4, 0.5) is 11.4 Å². The number of aryl methyl sites for hydroxylation is 1. The average Bonchev–Trinajstić information content (AvgIpc) is 2.87. The molecular weight excluding hydrogens is 508 g/mol. The fraction of sp³-hybridized carbons (Fsp3) is 0.240. The van der Waals surface area contributed by atoms with Gasteiger partial charge in [-0.15, -0.1) is 0 Å². The number of nitrogens with zero attached hydrogens (tertiary/aromatic N) is 1. The third kappa shape index (κ3) is 5.77. The van der Waals surface area contributed by atoms with Crippen LogP contribution >= 0.6 is 11.6 Å².